The Balaban J connectivity index is 1.56. The van der Waals surface area contributed by atoms with Gasteiger partial charge in [0.15, 0.2) is 5.16 Å². The van der Waals surface area contributed by atoms with Crippen molar-refractivity contribution in [2.24, 2.45) is 0 Å². The fourth-order valence-electron chi connectivity index (χ4n) is 2.61. The molecule has 1 heterocycles. The fraction of sp³-hybridized carbons (Fsp3) is 0.250. The van der Waals surface area contributed by atoms with Crippen LogP contribution in [0.3, 0.4) is 0 Å². The van der Waals surface area contributed by atoms with Gasteiger partial charge in [0, 0.05) is 11.4 Å². The van der Waals surface area contributed by atoms with Crippen molar-refractivity contribution in [1.82, 2.24) is 14.8 Å². The summed E-state index contributed by atoms with van der Waals surface area (Å²) in [5.41, 5.74) is 7.84. The van der Waals surface area contributed by atoms with Crippen LogP contribution in [0.5, 0.6) is 5.75 Å². The third kappa shape index (κ3) is 5.50. The summed E-state index contributed by atoms with van der Waals surface area (Å²) in [6, 6.07) is 17.4. The number of benzene rings is 2. The van der Waals surface area contributed by atoms with E-state index in [2.05, 4.69) is 27.6 Å². The molecule has 28 heavy (non-hydrogen) atoms. The largest absolute Gasteiger partial charge is 0.494 e. The first-order valence-corrected chi connectivity index (χ1v) is 10.0. The van der Waals surface area contributed by atoms with E-state index in [0.29, 0.717) is 17.5 Å². The summed E-state index contributed by atoms with van der Waals surface area (Å²) in [4.78, 5) is 12.4. The summed E-state index contributed by atoms with van der Waals surface area (Å²) in [5.74, 6) is 1.62. The van der Waals surface area contributed by atoms with Gasteiger partial charge in [0.1, 0.15) is 12.3 Å². The number of rotatable bonds is 9. The normalized spacial score (nSPS) is 10.6. The van der Waals surface area contributed by atoms with E-state index >= 15 is 0 Å². The second-order valence-corrected chi connectivity index (χ2v) is 7.08. The minimum atomic E-state index is -0.194. The van der Waals surface area contributed by atoms with E-state index in [4.69, 9.17) is 10.5 Å². The molecule has 0 saturated carbocycles. The Bertz CT molecular complexity index is 897. The molecule has 8 heteroatoms. The predicted octanol–water partition coefficient (Wildman–Crippen LogP) is 3.23. The van der Waals surface area contributed by atoms with Crippen molar-refractivity contribution in [3.05, 3.63) is 60.2 Å². The number of carbonyl (C=O) groups is 1. The van der Waals surface area contributed by atoms with Crippen molar-refractivity contribution in [2.45, 2.75) is 25.0 Å². The number of thioether (sulfide) groups is 1. The second kappa shape index (κ2) is 9.80. The topological polar surface area (TPSA) is 95.1 Å². The van der Waals surface area contributed by atoms with Gasteiger partial charge < -0.3 is 15.8 Å². The first kappa shape index (κ1) is 19.8. The molecular formula is C20H23N5O2S. The lowest BCUT2D eigenvalue weighted by atomic mass is 10.2. The number of carbonyl (C=O) groups excluding carboxylic acids is 1. The quantitative estimate of drug-likeness (QED) is 0.538. The van der Waals surface area contributed by atoms with Crippen molar-refractivity contribution in [2.75, 3.05) is 23.4 Å². The Morgan fingerprint density at radius 1 is 1.14 bits per heavy atom. The molecule has 3 rings (SSSR count). The predicted molar refractivity (Wildman–Crippen MR) is 112 cm³/mol. The van der Waals surface area contributed by atoms with Gasteiger partial charge in [0.2, 0.25) is 11.9 Å². The fourth-order valence-corrected chi connectivity index (χ4v) is 3.54. The zero-order valence-corrected chi connectivity index (χ0v) is 16.5. The number of hydrogen-bond donors (Lipinski definition) is 2. The van der Waals surface area contributed by atoms with Gasteiger partial charge >= 0.3 is 0 Å². The highest BCUT2D eigenvalue weighted by molar-refractivity contribution is 7.99. The van der Waals surface area contributed by atoms with Gasteiger partial charge in [-0.25, -0.2) is 0 Å². The zero-order valence-electron chi connectivity index (χ0n) is 15.7. The van der Waals surface area contributed by atoms with Crippen molar-refractivity contribution < 1.29 is 9.53 Å². The number of aromatic nitrogens is 3. The Morgan fingerprint density at radius 3 is 2.61 bits per heavy atom. The average Bonchev–Trinajstić information content (AvgIpc) is 3.04. The molecule has 0 spiro atoms. The molecular weight excluding hydrogens is 374 g/mol. The molecule has 0 fully saturated rings. The molecule has 0 radical (unpaired) electrons. The molecule has 3 N–H and O–H groups in total. The number of anilines is 2. The first-order valence-electron chi connectivity index (χ1n) is 9.04. The number of nitrogens with one attached hydrogen (secondary N) is 1. The van der Waals surface area contributed by atoms with E-state index in [9.17, 15) is 4.79 Å². The van der Waals surface area contributed by atoms with E-state index in [1.807, 2.05) is 37.3 Å². The average molecular weight is 398 g/mol. The number of nitrogens with zero attached hydrogens (tertiary/aromatic N) is 3. The van der Waals surface area contributed by atoms with Crippen molar-refractivity contribution >= 4 is 29.3 Å². The number of amides is 1. The molecule has 1 amide bonds. The van der Waals surface area contributed by atoms with E-state index in [1.54, 1.807) is 16.7 Å². The minimum absolute atomic E-state index is 0.0553. The Hall–Kier alpha value is -3.00. The summed E-state index contributed by atoms with van der Waals surface area (Å²) in [6.07, 6.45) is 0.899. The highest BCUT2D eigenvalue weighted by Gasteiger charge is 2.14. The summed E-state index contributed by atoms with van der Waals surface area (Å²) in [5, 5.41) is 11.5. The molecule has 146 valence electrons. The maximum absolute atomic E-state index is 12.4. The smallest absolute Gasteiger partial charge is 0.244 e. The van der Waals surface area contributed by atoms with Gasteiger partial charge in [0.05, 0.1) is 6.61 Å². The van der Waals surface area contributed by atoms with Crippen LogP contribution in [-0.4, -0.2) is 33.0 Å². The molecule has 0 atom stereocenters. The van der Waals surface area contributed by atoms with E-state index in [-0.39, 0.29) is 18.4 Å². The van der Waals surface area contributed by atoms with Crippen LogP contribution in [0, 0.1) is 0 Å². The number of ether oxygens (including phenoxy) is 1. The van der Waals surface area contributed by atoms with Crippen molar-refractivity contribution in [3.63, 3.8) is 0 Å². The van der Waals surface area contributed by atoms with Crippen LogP contribution >= 0.6 is 11.8 Å². The molecule has 0 unspecified atom stereocenters. The monoisotopic (exact) mass is 397 g/mol. The second-order valence-electron chi connectivity index (χ2n) is 6.02. The molecule has 0 saturated heterocycles. The van der Waals surface area contributed by atoms with Crippen LogP contribution in [0.25, 0.3) is 0 Å². The van der Waals surface area contributed by atoms with Gasteiger partial charge in [-0.1, -0.05) is 42.1 Å². The highest BCUT2D eigenvalue weighted by Crippen LogP contribution is 2.20. The highest BCUT2D eigenvalue weighted by atomic mass is 32.2. The first-order chi connectivity index (χ1) is 13.7. The van der Waals surface area contributed by atoms with Gasteiger partial charge in [-0.15, -0.1) is 10.2 Å². The van der Waals surface area contributed by atoms with E-state index in [1.165, 1.54) is 17.3 Å². The van der Waals surface area contributed by atoms with Crippen LogP contribution in [0.2, 0.25) is 0 Å². The Morgan fingerprint density at radius 2 is 1.89 bits per heavy atom. The molecule has 7 nitrogen and oxygen atoms in total. The third-order valence-electron chi connectivity index (χ3n) is 3.96. The number of nitrogen functional groups attached to an aromatic ring is 1. The lowest BCUT2D eigenvalue weighted by Crippen LogP contribution is -2.20. The van der Waals surface area contributed by atoms with Crippen LogP contribution < -0.4 is 15.8 Å². The Labute approximate surface area is 168 Å². The summed E-state index contributed by atoms with van der Waals surface area (Å²) >= 11 is 1.53. The molecule has 0 aliphatic rings. The molecule has 0 aliphatic carbocycles. The molecule has 0 bridgehead atoms. The van der Waals surface area contributed by atoms with E-state index in [0.717, 1.165) is 17.9 Å². The number of hydrogen-bond acceptors (Lipinski definition) is 6. The van der Waals surface area contributed by atoms with Crippen LogP contribution in [0.1, 0.15) is 12.5 Å². The number of aryl methyl sites for hydroxylation is 1. The molecule has 0 aliphatic heterocycles. The standard InChI is InChI=1S/C20H23N5O2S/c1-2-27-17-10-8-16(9-11-17)22-18(26)14-25-19(21)23-24-20(25)28-13-12-15-6-4-3-5-7-15/h3-11H,2,12-14H2,1H3,(H2,21,23)(H,22,26). The van der Waals surface area contributed by atoms with Gasteiger partial charge in [-0.3, -0.25) is 9.36 Å². The summed E-state index contributed by atoms with van der Waals surface area (Å²) in [7, 11) is 0. The molecule has 3 aromatic rings. The Kier molecular flexibility index (Phi) is 6.91. The number of nitrogens with two attached hydrogens (primary N) is 1. The SMILES string of the molecule is CCOc1ccc(NC(=O)Cn2c(N)nnc2SCCc2ccccc2)cc1. The van der Waals surface area contributed by atoms with Gasteiger partial charge in [0.25, 0.3) is 0 Å². The van der Waals surface area contributed by atoms with Crippen molar-refractivity contribution in [3.8, 4) is 5.75 Å². The zero-order chi connectivity index (χ0) is 19.8. The van der Waals surface area contributed by atoms with Crippen molar-refractivity contribution in [1.29, 1.82) is 0 Å². The van der Waals surface area contributed by atoms with Crippen LogP contribution in [0.4, 0.5) is 11.6 Å². The maximum Gasteiger partial charge on any atom is 0.244 e. The minimum Gasteiger partial charge on any atom is -0.494 e. The van der Waals surface area contributed by atoms with Crippen LogP contribution in [-0.2, 0) is 17.8 Å². The van der Waals surface area contributed by atoms with Crippen LogP contribution in [0.15, 0.2) is 59.8 Å². The lowest BCUT2D eigenvalue weighted by molar-refractivity contribution is -0.116. The molecule has 2 aromatic carbocycles. The summed E-state index contributed by atoms with van der Waals surface area (Å²) < 4.78 is 7.02. The van der Waals surface area contributed by atoms with Gasteiger partial charge in [-0.2, -0.15) is 0 Å². The van der Waals surface area contributed by atoms with Gasteiger partial charge in [-0.05, 0) is 43.2 Å². The maximum atomic E-state index is 12.4. The molecule has 1 aromatic heterocycles. The lowest BCUT2D eigenvalue weighted by Gasteiger charge is -2.10. The summed E-state index contributed by atoms with van der Waals surface area (Å²) in [6.45, 7) is 2.58. The third-order valence-corrected chi connectivity index (χ3v) is 4.93. The van der Waals surface area contributed by atoms with E-state index < -0.39 is 0 Å².